The number of nitro benzene ring substituents is 1. The van der Waals surface area contributed by atoms with Crippen LogP contribution in [0.2, 0.25) is 0 Å². The molecule has 0 aromatic heterocycles. The highest BCUT2D eigenvalue weighted by Gasteiger charge is 2.18. The van der Waals surface area contributed by atoms with Gasteiger partial charge in [-0.05, 0) is 49.4 Å². The number of nitrogens with one attached hydrogen (secondary N) is 1. The van der Waals surface area contributed by atoms with Gasteiger partial charge in [0.25, 0.3) is 5.69 Å². The summed E-state index contributed by atoms with van der Waals surface area (Å²) in [5.74, 6) is 0.836. The fourth-order valence-electron chi connectivity index (χ4n) is 3.34. The Kier molecular flexibility index (Phi) is 6.18. The summed E-state index contributed by atoms with van der Waals surface area (Å²) in [6, 6.07) is 11.5. The highest BCUT2D eigenvalue weighted by Crippen LogP contribution is 2.27. The summed E-state index contributed by atoms with van der Waals surface area (Å²) in [4.78, 5) is 10.2. The van der Waals surface area contributed by atoms with Gasteiger partial charge in [0.15, 0.2) is 9.84 Å². The summed E-state index contributed by atoms with van der Waals surface area (Å²) in [6.45, 7) is 0.393. The topological polar surface area (TPSA) is 98.5 Å². The van der Waals surface area contributed by atoms with Gasteiger partial charge >= 0.3 is 0 Å². The second kappa shape index (κ2) is 8.60. The zero-order chi connectivity index (χ0) is 20.1. The van der Waals surface area contributed by atoms with Gasteiger partial charge in [-0.15, -0.1) is 0 Å². The monoisotopic (exact) mass is 404 g/mol. The van der Waals surface area contributed by atoms with Crippen molar-refractivity contribution in [1.82, 2.24) is 0 Å². The lowest BCUT2D eigenvalue weighted by Gasteiger charge is -2.23. The fraction of sp³-hybridized carbons (Fsp3) is 0.400. The van der Waals surface area contributed by atoms with Crippen LogP contribution in [0.25, 0.3) is 0 Å². The number of anilines is 1. The molecular formula is C20H24N2O5S. The van der Waals surface area contributed by atoms with Crippen LogP contribution in [0.3, 0.4) is 0 Å². The predicted molar refractivity (Wildman–Crippen MR) is 107 cm³/mol. The molecule has 2 aromatic rings. The summed E-state index contributed by atoms with van der Waals surface area (Å²) in [7, 11) is -3.60. The van der Waals surface area contributed by atoms with E-state index in [0.717, 1.165) is 36.5 Å². The molecule has 1 aliphatic rings. The molecule has 3 rings (SSSR count). The predicted octanol–water partition coefficient (Wildman–Crippen LogP) is 4.32. The van der Waals surface area contributed by atoms with Crippen molar-refractivity contribution in [2.24, 2.45) is 0 Å². The first-order valence-electron chi connectivity index (χ1n) is 9.31. The fourth-order valence-corrected chi connectivity index (χ4v) is 4.21. The molecule has 7 nitrogen and oxygen atoms in total. The van der Waals surface area contributed by atoms with E-state index in [4.69, 9.17) is 4.74 Å². The number of nitrogens with zero attached hydrogens (tertiary/aromatic N) is 1. The van der Waals surface area contributed by atoms with Crippen LogP contribution in [0, 0.1) is 10.1 Å². The minimum Gasteiger partial charge on any atom is -0.490 e. The van der Waals surface area contributed by atoms with Gasteiger partial charge < -0.3 is 10.1 Å². The van der Waals surface area contributed by atoms with Crippen molar-refractivity contribution in [3.05, 3.63) is 58.1 Å². The van der Waals surface area contributed by atoms with Crippen LogP contribution < -0.4 is 10.1 Å². The average molecular weight is 404 g/mol. The van der Waals surface area contributed by atoms with Gasteiger partial charge in [-0.3, -0.25) is 10.1 Å². The lowest BCUT2D eigenvalue weighted by atomic mass is 9.98. The Morgan fingerprint density at radius 1 is 1.11 bits per heavy atom. The molecule has 0 bridgehead atoms. The first kappa shape index (κ1) is 20.1. The highest BCUT2D eigenvalue weighted by molar-refractivity contribution is 7.90. The van der Waals surface area contributed by atoms with Crippen molar-refractivity contribution >= 4 is 21.2 Å². The third-order valence-corrected chi connectivity index (χ3v) is 5.97. The van der Waals surface area contributed by atoms with Crippen LogP contribution in [-0.4, -0.2) is 25.7 Å². The summed E-state index contributed by atoms with van der Waals surface area (Å²) >= 11 is 0. The van der Waals surface area contributed by atoms with Gasteiger partial charge in [0.1, 0.15) is 5.75 Å². The molecule has 0 radical (unpaired) electrons. The first-order valence-corrected chi connectivity index (χ1v) is 11.2. The van der Waals surface area contributed by atoms with E-state index < -0.39 is 14.8 Å². The molecule has 1 saturated carbocycles. The Balaban J connectivity index is 1.67. The zero-order valence-electron chi connectivity index (χ0n) is 15.8. The van der Waals surface area contributed by atoms with E-state index in [0.29, 0.717) is 12.2 Å². The van der Waals surface area contributed by atoms with Crippen LogP contribution >= 0.6 is 0 Å². The molecule has 0 heterocycles. The summed E-state index contributed by atoms with van der Waals surface area (Å²) in [5, 5.41) is 14.0. The van der Waals surface area contributed by atoms with Crippen LogP contribution in [0.5, 0.6) is 5.75 Å². The number of non-ortho nitro benzene ring substituents is 1. The van der Waals surface area contributed by atoms with Crippen molar-refractivity contribution in [3.63, 3.8) is 0 Å². The minimum absolute atomic E-state index is 0.0843. The molecule has 0 spiro atoms. The van der Waals surface area contributed by atoms with E-state index in [-0.39, 0.29) is 16.7 Å². The summed E-state index contributed by atoms with van der Waals surface area (Å²) < 4.78 is 30.0. The molecule has 0 saturated heterocycles. The lowest BCUT2D eigenvalue weighted by molar-refractivity contribution is -0.385. The number of nitro groups is 1. The van der Waals surface area contributed by atoms with E-state index in [1.165, 1.54) is 31.4 Å². The number of ether oxygens (including phenoxy) is 1. The molecule has 150 valence electrons. The molecule has 8 heteroatoms. The van der Waals surface area contributed by atoms with Crippen LogP contribution in [-0.2, 0) is 16.4 Å². The first-order chi connectivity index (χ1) is 13.3. The maximum atomic E-state index is 12.0. The molecule has 2 aromatic carbocycles. The molecule has 0 amide bonds. The Labute approximate surface area is 164 Å². The average Bonchev–Trinajstić information content (AvgIpc) is 2.67. The molecule has 0 aliphatic heterocycles. The number of rotatable bonds is 7. The number of benzene rings is 2. The van der Waals surface area contributed by atoms with E-state index in [9.17, 15) is 18.5 Å². The van der Waals surface area contributed by atoms with Gasteiger partial charge in [0.05, 0.1) is 21.6 Å². The van der Waals surface area contributed by atoms with E-state index in [1.807, 2.05) is 24.3 Å². The quantitative estimate of drug-likeness (QED) is 0.545. The van der Waals surface area contributed by atoms with Crippen molar-refractivity contribution in [2.75, 3.05) is 11.6 Å². The molecule has 0 atom stereocenters. The van der Waals surface area contributed by atoms with E-state index in [1.54, 1.807) is 0 Å². The van der Waals surface area contributed by atoms with Gasteiger partial charge in [-0.2, -0.15) is 0 Å². The van der Waals surface area contributed by atoms with Crippen molar-refractivity contribution < 1.29 is 18.1 Å². The standard InChI is InChI=1S/C20H24N2O5S/c1-28(25,26)20-13-16(22(23)24)9-12-19(20)21-14-15-7-10-18(11-8-15)27-17-5-3-2-4-6-17/h7-13,17,21H,2-6,14H2,1H3. The number of hydrogen-bond acceptors (Lipinski definition) is 6. The van der Waals surface area contributed by atoms with Crippen LogP contribution in [0.4, 0.5) is 11.4 Å². The third-order valence-electron chi connectivity index (χ3n) is 4.84. The van der Waals surface area contributed by atoms with Crippen LogP contribution in [0.1, 0.15) is 37.7 Å². The molecule has 28 heavy (non-hydrogen) atoms. The normalized spacial score (nSPS) is 15.2. The third kappa shape index (κ3) is 5.22. The number of sulfone groups is 1. The van der Waals surface area contributed by atoms with Crippen molar-refractivity contribution in [3.8, 4) is 5.75 Å². The molecule has 1 aliphatic carbocycles. The van der Waals surface area contributed by atoms with Crippen LogP contribution in [0.15, 0.2) is 47.4 Å². The zero-order valence-corrected chi connectivity index (χ0v) is 16.6. The van der Waals surface area contributed by atoms with Gasteiger partial charge in [0, 0.05) is 24.9 Å². The Morgan fingerprint density at radius 3 is 2.39 bits per heavy atom. The van der Waals surface area contributed by atoms with Gasteiger partial charge in [-0.25, -0.2) is 8.42 Å². The van der Waals surface area contributed by atoms with Crippen molar-refractivity contribution in [1.29, 1.82) is 0 Å². The van der Waals surface area contributed by atoms with Gasteiger partial charge in [-0.1, -0.05) is 18.6 Å². The maximum Gasteiger partial charge on any atom is 0.270 e. The SMILES string of the molecule is CS(=O)(=O)c1cc([N+](=O)[O-])ccc1NCc1ccc(OC2CCCCC2)cc1. The molecule has 0 unspecified atom stereocenters. The molecular weight excluding hydrogens is 380 g/mol. The molecule has 1 fully saturated rings. The minimum atomic E-state index is -3.60. The van der Waals surface area contributed by atoms with E-state index >= 15 is 0 Å². The summed E-state index contributed by atoms with van der Waals surface area (Å²) in [5.41, 5.74) is 1.04. The Hall–Kier alpha value is -2.61. The second-order valence-corrected chi connectivity index (χ2v) is 9.07. The number of hydrogen-bond donors (Lipinski definition) is 1. The maximum absolute atomic E-state index is 12.0. The van der Waals surface area contributed by atoms with Crippen molar-refractivity contribution in [2.45, 2.75) is 49.6 Å². The molecule has 1 N–H and O–H groups in total. The van der Waals surface area contributed by atoms with Gasteiger partial charge in [0.2, 0.25) is 0 Å². The lowest BCUT2D eigenvalue weighted by Crippen LogP contribution is -2.19. The Morgan fingerprint density at radius 2 is 1.79 bits per heavy atom. The largest absolute Gasteiger partial charge is 0.490 e. The second-order valence-electron chi connectivity index (χ2n) is 7.09. The highest BCUT2D eigenvalue weighted by atomic mass is 32.2. The Bertz CT molecular complexity index is 936. The van der Waals surface area contributed by atoms with E-state index in [2.05, 4.69) is 5.32 Å². The summed E-state index contributed by atoms with van der Waals surface area (Å²) in [6.07, 6.45) is 7.22. The smallest absolute Gasteiger partial charge is 0.270 e.